The number of hydrogen-bond donors (Lipinski definition) is 2. The first-order valence-corrected chi connectivity index (χ1v) is 4.30. The highest BCUT2D eigenvalue weighted by Gasteiger charge is 1.94. The van der Waals surface area contributed by atoms with E-state index in [0.717, 1.165) is 4.21 Å². The lowest BCUT2D eigenvalue weighted by Crippen LogP contribution is -1.56. The maximum atomic E-state index is 4.26. The van der Waals surface area contributed by atoms with Gasteiger partial charge in [-0.25, -0.2) is 0 Å². The minimum Gasteiger partial charge on any atom is -0.344 e. The molecule has 0 saturated carbocycles. The second-order valence-corrected chi connectivity index (χ2v) is 3.99. The van der Waals surface area contributed by atoms with Gasteiger partial charge in [-0.15, -0.1) is 24.0 Å². The molecule has 0 fully saturated rings. The fourth-order valence-electron chi connectivity index (χ4n) is 0.968. The molecule has 0 amide bonds. The van der Waals surface area contributed by atoms with Gasteiger partial charge in [0.25, 0.3) is 0 Å². The molecule has 11 heavy (non-hydrogen) atoms. The van der Waals surface area contributed by atoms with E-state index in [9.17, 15) is 0 Å². The van der Waals surface area contributed by atoms with Gasteiger partial charge in [0.15, 0.2) is 0 Å². The summed E-state index contributed by atoms with van der Waals surface area (Å²) >= 11 is 5.98. The first-order valence-electron chi connectivity index (χ1n) is 3.04. The zero-order chi connectivity index (χ0) is 6.97. The van der Waals surface area contributed by atoms with Gasteiger partial charge in [-0.1, -0.05) is 18.2 Å². The van der Waals surface area contributed by atoms with Crippen molar-refractivity contribution >= 4 is 34.1 Å². The maximum absolute atomic E-state index is 4.26. The molecule has 1 heterocycles. The van der Waals surface area contributed by atoms with E-state index in [1.165, 1.54) is 10.1 Å². The molecular weight excluding hydrogens is 174 g/mol. The third kappa shape index (κ3) is 1.56. The Morgan fingerprint density at radius 1 is 1.18 bits per heavy atom. The SMILES string of the molecule is N.Sc1cc2ccccc2s1. The summed E-state index contributed by atoms with van der Waals surface area (Å²) in [5.41, 5.74) is 0. The van der Waals surface area contributed by atoms with Gasteiger partial charge in [-0.2, -0.15) is 0 Å². The number of rotatable bonds is 0. The van der Waals surface area contributed by atoms with Crippen LogP contribution >= 0.6 is 24.0 Å². The van der Waals surface area contributed by atoms with E-state index in [0.29, 0.717) is 0 Å². The summed E-state index contributed by atoms with van der Waals surface area (Å²) in [6.45, 7) is 0. The highest BCUT2D eigenvalue weighted by atomic mass is 32.2. The Morgan fingerprint density at radius 2 is 1.91 bits per heavy atom. The molecule has 2 rings (SSSR count). The predicted molar refractivity (Wildman–Crippen MR) is 54.1 cm³/mol. The van der Waals surface area contributed by atoms with E-state index in [1.54, 1.807) is 11.3 Å². The topological polar surface area (TPSA) is 35.0 Å². The number of hydrogen-bond acceptors (Lipinski definition) is 3. The van der Waals surface area contributed by atoms with Crippen LogP contribution < -0.4 is 6.15 Å². The van der Waals surface area contributed by atoms with E-state index in [4.69, 9.17) is 0 Å². The van der Waals surface area contributed by atoms with Crippen molar-refractivity contribution < 1.29 is 0 Å². The summed E-state index contributed by atoms with van der Waals surface area (Å²) < 4.78 is 2.40. The summed E-state index contributed by atoms with van der Waals surface area (Å²) in [6, 6.07) is 10.4. The van der Waals surface area contributed by atoms with Crippen LogP contribution in [0.2, 0.25) is 0 Å². The lowest BCUT2D eigenvalue weighted by molar-refractivity contribution is 1.78. The van der Waals surface area contributed by atoms with Gasteiger partial charge in [-0.05, 0) is 17.5 Å². The third-order valence-electron chi connectivity index (χ3n) is 1.41. The lowest BCUT2D eigenvalue weighted by atomic mass is 10.3. The molecule has 0 aliphatic carbocycles. The third-order valence-corrected chi connectivity index (χ3v) is 2.73. The largest absolute Gasteiger partial charge is 0.344 e. The van der Waals surface area contributed by atoms with Crippen LogP contribution in [0, 0.1) is 0 Å². The van der Waals surface area contributed by atoms with Crippen LogP contribution in [0.3, 0.4) is 0 Å². The number of thiol groups is 1. The predicted octanol–water partition coefficient (Wildman–Crippen LogP) is 3.35. The molecule has 0 radical (unpaired) electrons. The Bertz CT molecular complexity index is 321. The average Bonchev–Trinajstić information content (AvgIpc) is 2.27. The van der Waals surface area contributed by atoms with E-state index in [1.807, 2.05) is 12.1 Å². The zero-order valence-corrected chi connectivity index (χ0v) is 7.66. The number of benzene rings is 1. The maximum Gasteiger partial charge on any atom is 0.0580 e. The monoisotopic (exact) mass is 183 g/mol. The van der Waals surface area contributed by atoms with Crippen LogP contribution in [-0.2, 0) is 0 Å². The Morgan fingerprint density at radius 3 is 2.64 bits per heavy atom. The molecule has 0 unspecified atom stereocenters. The van der Waals surface area contributed by atoms with Crippen LogP contribution in [0.4, 0.5) is 0 Å². The van der Waals surface area contributed by atoms with Crippen molar-refractivity contribution in [1.29, 1.82) is 0 Å². The van der Waals surface area contributed by atoms with Gasteiger partial charge in [0.2, 0.25) is 0 Å². The molecule has 0 aliphatic heterocycles. The molecule has 2 aromatic rings. The molecule has 3 heteroatoms. The van der Waals surface area contributed by atoms with Crippen LogP contribution in [0.15, 0.2) is 34.5 Å². The Kier molecular flexibility index (Phi) is 2.54. The van der Waals surface area contributed by atoms with Crippen LogP contribution in [0.25, 0.3) is 10.1 Å². The molecule has 0 spiro atoms. The van der Waals surface area contributed by atoms with E-state index >= 15 is 0 Å². The zero-order valence-electron chi connectivity index (χ0n) is 5.95. The van der Waals surface area contributed by atoms with Gasteiger partial charge in [0.05, 0.1) is 4.21 Å². The number of thiophene rings is 1. The van der Waals surface area contributed by atoms with Gasteiger partial charge < -0.3 is 6.15 Å². The van der Waals surface area contributed by atoms with Crippen molar-refractivity contribution in [2.75, 3.05) is 0 Å². The summed E-state index contributed by atoms with van der Waals surface area (Å²) in [5.74, 6) is 0. The van der Waals surface area contributed by atoms with Crippen LogP contribution in [0.5, 0.6) is 0 Å². The molecular formula is C8H9NS2. The average molecular weight is 183 g/mol. The van der Waals surface area contributed by atoms with Crippen molar-refractivity contribution in [2.45, 2.75) is 4.21 Å². The van der Waals surface area contributed by atoms with E-state index < -0.39 is 0 Å². The van der Waals surface area contributed by atoms with Crippen molar-refractivity contribution in [1.82, 2.24) is 6.15 Å². The fourth-order valence-corrected chi connectivity index (χ4v) is 2.20. The Hall–Kier alpha value is -0.510. The lowest BCUT2D eigenvalue weighted by Gasteiger charge is -1.82. The van der Waals surface area contributed by atoms with Crippen molar-refractivity contribution in [3.8, 4) is 0 Å². The van der Waals surface area contributed by atoms with Gasteiger partial charge >= 0.3 is 0 Å². The Labute approximate surface area is 75.0 Å². The van der Waals surface area contributed by atoms with Crippen LogP contribution in [-0.4, -0.2) is 0 Å². The summed E-state index contributed by atoms with van der Waals surface area (Å²) in [5, 5.41) is 1.29. The molecule has 0 aliphatic rings. The van der Waals surface area contributed by atoms with Crippen molar-refractivity contribution in [3.05, 3.63) is 30.3 Å². The van der Waals surface area contributed by atoms with Gasteiger partial charge in [0.1, 0.15) is 0 Å². The first kappa shape index (κ1) is 8.59. The molecule has 0 saturated heterocycles. The summed E-state index contributed by atoms with van der Waals surface area (Å²) in [7, 11) is 0. The second kappa shape index (κ2) is 3.26. The molecule has 1 aromatic heterocycles. The molecule has 0 atom stereocenters. The second-order valence-electron chi connectivity index (χ2n) is 2.12. The highest BCUT2D eigenvalue weighted by Crippen LogP contribution is 2.27. The minimum atomic E-state index is 0. The molecule has 58 valence electrons. The van der Waals surface area contributed by atoms with Crippen molar-refractivity contribution in [3.63, 3.8) is 0 Å². The van der Waals surface area contributed by atoms with E-state index in [-0.39, 0.29) is 6.15 Å². The standard InChI is InChI=1S/C8H6S2.H3N/c9-8-5-6-3-1-2-4-7(6)10-8;/h1-5,9H;1H3. The highest BCUT2D eigenvalue weighted by molar-refractivity contribution is 7.83. The Balaban J connectivity index is 0.000000605. The molecule has 1 aromatic carbocycles. The molecule has 0 bridgehead atoms. The number of fused-ring (bicyclic) bond motifs is 1. The summed E-state index contributed by atoms with van der Waals surface area (Å²) in [6.07, 6.45) is 0. The summed E-state index contributed by atoms with van der Waals surface area (Å²) in [4.78, 5) is 0. The van der Waals surface area contributed by atoms with E-state index in [2.05, 4.69) is 30.8 Å². The fraction of sp³-hybridized carbons (Fsp3) is 0. The van der Waals surface area contributed by atoms with Gasteiger partial charge in [-0.3, -0.25) is 0 Å². The molecule has 1 nitrogen and oxygen atoms in total. The smallest absolute Gasteiger partial charge is 0.0580 e. The van der Waals surface area contributed by atoms with Gasteiger partial charge in [0, 0.05) is 4.70 Å². The quantitative estimate of drug-likeness (QED) is 0.603. The first-order chi connectivity index (χ1) is 4.86. The molecule has 3 N–H and O–H groups in total. The van der Waals surface area contributed by atoms with Crippen LogP contribution in [0.1, 0.15) is 0 Å². The normalized spacial score (nSPS) is 9.55. The van der Waals surface area contributed by atoms with Crippen molar-refractivity contribution in [2.24, 2.45) is 0 Å². The minimum absolute atomic E-state index is 0.